The van der Waals surface area contributed by atoms with Crippen LogP contribution in [0.15, 0.2) is 96.6 Å². The lowest BCUT2D eigenvalue weighted by Crippen LogP contribution is -2.42. The largest absolute Gasteiger partial charge is 0.496 e. The van der Waals surface area contributed by atoms with Crippen molar-refractivity contribution < 1.29 is 14.3 Å². The Morgan fingerprint density at radius 1 is 0.857 bits per heavy atom. The van der Waals surface area contributed by atoms with Gasteiger partial charge in [0.2, 0.25) is 5.91 Å². The molecule has 180 valence electrons. The summed E-state index contributed by atoms with van der Waals surface area (Å²) in [6.07, 6.45) is 5.11. The number of benzene rings is 3. The van der Waals surface area contributed by atoms with Crippen LogP contribution in [0.2, 0.25) is 0 Å². The van der Waals surface area contributed by atoms with Crippen LogP contribution in [0.4, 0.5) is 0 Å². The van der Waals surface area contributed by atoms with E-state index in [2.05, 4.69) is 22.8 Å². The minimum atomic E-state index is -0.184. The molecule has 3 aromatic rings. The second kappa shape index (κ2) is 11.5. The smallest absolute Gasteiger partial charge is 0.255 e. The van der Waals surface area contributed by atoms with Crippen LogP contribution >= 0.6 is 0 Å². The number of para-hydroxylation sites is 1. The Morgan fingerprint density at radius 3 is 2.17 bits per heavy atom. The van der Waals surface area contributed by atoms with E-state index in [1.807, 2.05) is 60.7 Å². The van der Waals surface area contributed by atoms with Gasteiger partial charge in [0, 0.05) is 24.6 Å². The molecule has 2 amide bonds. The Morgan fingerprint density at radius 2 is 1.49 bits per heavy atom. The molecule has 0 aromatic heterocycles. The molecule has 3 aromatic carbocycles. The van der Waals surface area contributed by atoms with Gasteiger partial charge in [-0.25, -0.2) is 0 Å². The van der Waals surface area contributed by atoms with Crippen molar-refractivity contribution >= 4 is 11.8 Å². The van der Waals surface area contributed by atoms with Gasteiger partial charge >= 0.3 is 0 Å². The molecular formula is C30H32N2O3. The van der Waals surface area contributed by atoms with Crippen LogP contribution in [0, 0.1) is 0 Å². The maximum atomic E-state index is 13.0. The van der Waals surface area contributed by atoms with Gasteiger partial charge in [-0.15, -0.1) is 0 Å². The summed E-state index contributed by atoms with van der Waals surface area (Å²) in [6.45, 7) is 1.05. The second-order valence-electron chi connectivity index (χ2n) is 9.04. The standard InChI is InChI=1S/C30H32N2O3/c1-35-27-15-9-8-14-26(27)29(34)32-22-30(25-12-6-3-7-13-25)18-16-23(17-19-30)20-28(33)31-21-24-10-4-2-5-11-24/h2-15,20H,16-19,21-22H2,1H3,(H,31,33)(H,32,34). The highest BCUT2D eigenvalue weighted by Crippen LogP contribution is 2.41. The fourth-order valence-electron chi connectivity index (χ4n) is 4.75. The van der Waals surface area contributed by atoms with E-state index in [1.54, 1.807) is 25.3 Å². The average Bonchev–Trinajstić information content (AvgIpc) is 2.92. The lowest BCUT2D eigenvalue weighted by molar-refractivity contribution is -0.116. The third-order valence-corrected chi connectivity index (χ3v) is 6.82. The first-order valence-corrected chi connectivity index (χ1v) is 12.1. The van der Waals surface area contributed by atoms with Crippen LogP contribution in [0.3, 0.4) is 0 Å². The minimum Gasteiger partial charge on any atom is -0.496 e. The number of nitrogens with one attached hydrogen (secondary N) is 2. The third kappa shape index (κ3) is 6.18. The van der Waals surface area contributed by atoms with Crippen LogP contribution < -0.4 is 15.4 Å². The first-order valence-electron chi connectivity index (χ1n) is 12.1. The number of carbonyl (C=O) groups excluding carboxylic acids is 2. The maximum Gasteiger partial charge on any atom is 0.255 e. The van der Waals surface area contributed by atoms with Gasteiger partial charge in [0.1, 0.15) is 5.75 Å². The van der Waals surface area contributed by atoms with E-state index in [9.17, 15) is 9.59 Å². The summed E-state index contributed by atoms with van der Waals surface area (Å²) >= 11 is 0. The van der Waals surface area contributed by atoms with Crippen LogP contribution in [0.25, 0.3) is 0 Å². The molecule has 0 saturated heterocycles. The fourth-order valence-corrected chi connectivity index (χ4v) is 4.75. The molecule has 1 aliphatic rings. The van der Waals surface area contributed by atoms with Gasteiger partial charge in [-0.05, 0) is 48.9 Å². The van der Waals surface area contributed by atoms with Crippen molar-refractivity contribution in [2.24, 2.45) is 0 Å². The van der Waals surface area contributed by atoms with Gasteiger partial charge in [-0.1, -0.05) is 78.4 Å². The number of hydrogen-bond donors (Lipinski definition) is 2. The summed E-state index contributed by atoms with van der Waals surface area (Å²) in [6, 6.07) is 27.5. The van der Waals surface area contributed by atoms with Crippen LogP contribution in [0.5, 0.6) is 5.75 Å². The zero-order chi connectivity index (χ0) is 24.5. The topological polar surface area (TPSA) is 67.4 Å². The van der Waals surface area contributed by atoms with Gasteiger partial charge in [0.05, 0.1) is 12.7 Å². The van der Waals surface area contributed by atoms with Crippen LogP contribution in [-0.4, -0.2) is 25.5 Å². The molecule has 5 heteroatoms. The molecule has 0 atom stereocenters. The van der Waals surface area contributed by atoms with Gasteiger partial charge < -0.3 is 15.4 Å². The molecule has 0 radical (unpaired) electrons. The first kappa shape index (κ1) is 24.3. The number of hydrogen-bond acceptors (Lipinski definition) is 3. The van der Waals surface area contributed by atoms with E-state index >= 15 is 0 Å². The van der Waals surface area contributed by atoms with E-state index in [-0.39, 0.29) is 17.2 Å². The van der Waals surface area contributed by atoms with Crippen molar-refractivity contribution in [1.82, 2.24) is 10.6 Å². The second-order valence-corrected chi connectivity index (χ2v) is 9.04. The number of rotatable bonds is 8. The Labute approximate surface area is 207 Å². The van der Waals surface area contributed by atoms with E-state index in [4.69, 9.17) is 4.74 Å². The Bertz CT molecular complexity index is 1160. The molecule has 4 rings (SSSR count). The number of allylic oxidation sites excluding steroid dienone is 1. The summed E-state index contributed by atoms with van der Waals surface area (Å²) in [4.78, 5) is 25.5. The number of ether oxygens (including phenoxy) is 1. The van der Waals surface area contributed by atoms with Gasteiger partial charge in [0.15, 0.2) is 0 Å². The van der Waals surface area contributed by atoms with Crippen molar-refractivity contribution in [3.63, 3.8) is 0 Å². The van der Waals surface area contributed by atoms with Crippen molar-refractivity contribution in [1.29, 1.82) is 0 Å². The van der Waals surface area contributed by atoms with Gasteiger partial charge in [0.25, 0.3) is 5.91 Å². The summed E-state index contributed by atoms with van der Waals surface area (Å²) < 4.78 is 5.36. The number of methoxy groups -OCH3 is 1. The van der Waals surface area contributed by atoms with Crippen molar-refractivity contribution in [3.05, 3.63) is 113 Å². The molecule has 1 saturated carbocycles. The fraction of sp³-hybridized carbons (Fsp3) is 0.267. The molecule has 1 fully saturated rings. The number of carbonyl (C=O) groups is 2. The highest BCUT2D eigenvalue weighted by molar-refractivity contribution is 5.97. The van der Waals surface area contributed by atoms with E-state index in [1.165, 1.54) is 5.56 Å². The summed E-state index contributed by atoms with van der Waals surface area (Å²) in [7, 11) is 1.57. The van der Waals surface area contributed by atoms with Crippen molar-refractivity contribution in [3.8, 4) is 5.75 Å². The summed E-state index contributed by atoms with van der Waals surface area (Å²) in [5, 5.41) is 6.14. The molecule has 0 spiro atoms. The van der Waals surface area contributed by atoms with E-state index in [0.717, 1.165) is 36.8 Å². The SMILES string of the molecule is COc1ccccc1C(=O)NCC1(c2ccccc2)CCC(=CC(=O)NCc2ccccc2)CC1. The summed E-state index contributed by atoms with van der Waals surface area (Å²) in [5.41, 5.74) is 3.80. The van der Waals surface area contributed by atoms with Crippen LogP contribution in [-0.2, 0) is 16.8 Å². The zero-order valence-electron chi connectivity index (χ0n) is 20.1. The molecule has 0 unspecified atom stereocenters. The highest BCUT2D eigenvalue weighted by Gasteiger charge is 2.36. The lowest BCUT2D eigenvalue weighted by atomic mass is 9.68. The van der Waals surface area contributed by atoms with Gasteiger partial charge in [-0.3, -0.25) is 9.59 Å². The van der Waals surface area contributed by atoms with E-state index in [0.29, 0.717) is 24.4 Å². The van der Waals surface area contributed by atoms with Gasteiger partial charge in [-0.2, -0.15) is 0 Å². The lowest BCUT2D eigenvalue weighted by Gasteiger charge is -2.39. The van der Waals surface area contributed by atoms with Crippen LogP contribution in [0.1, 0.15) is 47.2 Å². The monoisotopic (exact) mass is 468 g/mol. The quantitative estimate of drug-likeness (QED) is 0.448. The molecule has 0 aliphatic heterocycles. The summed E-state index contributed by atoms with van der Waals surface area (Å²) in [5.74, 6) is 0.370. The highest BCUT2D eigenvalue weighted by atomic mass is 16.5. The molecule has 0 bridgehead atoms. The minimum absolute atomic E-state index is 0.0551. The molecule has 0 heterocycles. The Hall–Kier alpha value is -3.86. The normalized spacial score (nSPS) is 17.3. The first-order chi connectivity index (χ1) is 17.1. The number of amides is 2. The van der Waals surface area contributed by atoms with E-state index < -0.39 is 0 Å². The van der Waals surface area contributed by atoms with Crippen molar-refractivity contribution in [2.45, 2.75) is 37.6 Å². The van der Waals surface area contributed by atoms with Crippen molar-refractivity contribution in [2.75, 3.05) is 13.7 Å². The molecule has 5 nitrogen and oxygen atoms in total. The average molecular weight is 469 g/mol. The third-order valence-electron chi connectivity index (χ3n) is 6.82. The molecule has 2 N–H and O–H groups in total. The molecule has 35 heavy (non-hydrogen) atoms. The maximum absolute atomic E-state index is 13.0. The Kier molecular flexibility index (Phi) is 7.99. The zero-order valence-corrected chi connectivity index (χ0v) is 20.1. The predicted octanol–water partition coefficient (Wildman–Crippen LogP) is 5.18. The Balaban J connectivity index is 1.42. The predicted molar refractivity (Wildman–Crippen MR) is 138 cm³/mol. The molecule has 1 aliphatic carbocycles. The molecular weight excluding hydrogens is 436 g/mol.